The van der Waals surface area contributed by atoms with E-state index < -0.39 is 35.5 Å². The summed E-state index contributed by atoms with van der Waals surface area (Å²) in [4.78, 5) is 70.0. The number of methoxy groups -OCH3 is 3. The fourth-order valence-electron chi connectivity index (χ4n) is 7.94. The zero-order valence-corrected chi connectivity index (χ0v) is 47.6. The number of nitrogens with one attached hydrogen (secondary N) is 5. The summed E-state index contributed by atoms with van der Waals surface area (Å²) in [5.41, 5.74) is 6.92. The van der Waals surface area contributed by atoms with Gasteiger partial charge >= 0.3 is 12.1 Å². The number of carbonyl (C=O) groups excluding carboxylic acids is 5. The number of fused-ring (bicyclic) bond motifs is 5. The lowest BCUT2D eigenvalue weighted by atomic mass is 9.94. The lowest BCUT2D eigenvalue weighted by Gasteiger charge is -2.32. The van der Waals surface area contributed by atoms with Crippen molar-refractivity contribution in [1.29, 1.82) is 0 Å². The lowest BCUT2D eigenvalue weighted by molar-refractivity contribution is -0.145. The summed E-state index contributed by atoms with van der Waals surface area (Å²) in [6.07, 6.45) is 8.78. The summed E-state index contributed by atoms with van der Waals surface area (Å²) in [6, 6.07) is 25.1. The number of hydrogen-bond acceptors (Lipinski definition) is 12. The van der Waals surface area contributed by atoms with E-state index in [1.54, 1.807) is 58.3 Å². The molecule has 78 heavy (non-hydrogen) atoms. The van der Waals surface area contributed by atoms with E-state index in [9.17, 15) is 24.0 Å². The number of nitrogens with zero attached hydrogens (tertiary/aromatic N) is 2. The second-order valence-electron chi connectivity index (χ2n) is 19.4. The number of amides is 4. The monoisotopic (exact) mass is 1070 g/mol. The number of aryl methyl sites for hydroxylation is 1. The molecule has 4 amide bonds. The van der Waals surface area contributed by atoms with E-state index in [2.05, 4.69) is 82.8 Å². The van der Waals surface area contributed by atoms with E-state index in [1.807, 2.05) is 63.2 Å². The number of hydrogen-bond donors (Lipinski definition) is 6. The molecular formula is C61H83N7O10. The molecule has 17 nitrogen and oxygen atoms in total. The maximum Gasteiger partial charge on any atom is 0.407 e. The Morgan fingerprint density at radius 3 is 2.01 bits per heavy atom. The van der Waals surface area contributed by atoms with Gasteiger partial charge in [0.25, 0.3) is 5.91 Å². The largest absolute Gasteiger partial charge is 0.513 e. The third kappa shape index (κ3) is 21.5. The molecule has 4 aromatic rings. The molecular weight excluding hydrogens is 991 g/mol. The summed E-state index contributed by atoms with van der Waals surface area (Å²) in [6.45, 7) is 20.0. The van der Waals surface area contributed by atoms with Crippen molar-refractivity contribution in [2.75, 3.05) is 61.6 Å². The Morgan fingerprint density at radius 2 is 1.46 bits per heavy atom. The molecule has 2 unspecified atom stereocenters. The Morgan fingerprint density at radius 1 is 0.846 bits per heavy atom. The minimum Gasteiger partial charge on any atom is -0.513 e. The summed E-state index contributed by atoms with van der Waals surface area (Å²) in [7, 11) is 7.78. The summed E-state index contributed by atoms with van der Waals surface area (Å²) in [5, 5.41) is 22.7. The van der Waals surface area contributed by atoms with Crippen molar-refractivity contribution in [2.24, 2.45) is 4.99 Å². The van der Waals surface area contributed by atoms with E-state index in [1.165, 1.54) is 31.2 Å². The fraction of sp³-hybridized carbons (Fsp3) is 0.410. The topological polar surface area (TPSA) is 218 Å². The van der Waals surface area contributed by atoms with Crippen LogP contribution in [-0.4, -0.2) is 119 Å². The van der Waals surface area contributed by atoms with Crippen molar-refractivity contribution >= 4 is 35.6 Å². The standard InChI is InChI=1S/C47H56N6O7.C9H19NO2.C5H8O/c1-8-9-10-31-11-14-33(15-12-31)34-16-18-35(19-17-34)45(55)50-28-42(48-3)49-24-23-30(2)53(4)44-36-20-22-41(59-6)38(27-36)37-25-32(13-21-40(37)58-5)26-39(47(57)60-7)52-43(54)29-51-46(44)56;1-5-6-7-10-8(11)12-9(2,3)4;1-3-4-5(2)6/h11-22,25,27,39,44H,2,8-10,23-24,26,28-29H2,1,3-7H3,(H,48,49)(H,50,55)(H,51,56)(H,52,54);5-7H2,1-4H3,(H,10,11);3-4,6H,1H2,2H3/b;;5-4+. The Bertz CT molecular complexity index is 2670. The number of esters is 1. The molecule has 4 aromatic carbocycles. The number of aliphatic hydroxyl groups excluding tert-OH is 1. The molecule has 1 heterocycles. The number of benzene rings is 4. The Kier molecular flexibility index (Phi) is 27.3. The minimum absolute atomic E-state index is 0.143. The van der Waals surface area contributed by atoms with Crippen molar-refractivity contribution in [2.45, 2.75) is 104 Å². The van der Waals surface area contributed by atoms with Gasteiger partial charge in [0, 0.05) is 62.4 Å². The highest BCUT2D eigenvalue weighted by Crippen LogP contribution is 2.40. The van der Waals surface area contributed by atoms with Gasteiger partial charge in [-0.05, 0) is 117 Å². The second kappa shape index (κ2) is 33.2. The highest BCUT2D eigenvalue weighted by atomic mass is 16.6. The van der Waals surface area contributed by atoms with Crippen LogP contribution in [0, 0.1) is 0 Å². The zero-order chi connectivity index (χ0) is 57.8. The van der Waals surface area contributed by atoms with Gasteiger partial charge in [-0.3, -0.25) is 19.4 Å². The normalized spacial score (nSPS) is 14.4. The highest BCUT2D eigenvalue weighted by Gasteiger charge is 2.30. The van der Waals surface area contributed by atoms with Gasteiger partial charge in [0.2, 0.25) is 11.8 Å². The second-order valence-corrected chi connectivity index (χ2v) is 19.4. The molecule has 0 fully saturated rings. The van der Waals surface area contributed by atoms with Crippen LogP contribution in [0.3, 0.4) is 0 Å². The van der Waals surface area contributed by atoms with Gasteiger partial charge in [-0.1, -0.05) is 94.5 Å². The number of rotatable bonds is 19. The van der Waals surface area contributed by atoms with Crippen LogP contribution in [0.1, 0.15) is 107 Å². The van der Waals surface area contributed by atoms with Crippen LogP contribution >= 0.6 is 0 Å². The first-order valence-corrected chi connectivity index (χ1v) is 26.3. The van der Waals surface area contributed by atoms with Crippen molar-refractivity contribution in [1.82, 2.24) is 31.5 Å². The minimum atomic E-state index is -0.997. The Balaban J connectivity index is 0.000000758. The molecule has 1 aliphatic heterocycles. The third-order valence-corrected chi connectivity index (χ3v) is 12.2. The third-order valence-electron chi connectivity index (χ3n) is 12.2. The number of carbonyl (C=O) groups is 5. The van der Waals surface area contributed by atoms with Crippen molar-refractivity contribution in [3.63, 3.8) is 0 Å². The summed E-state index contributed by atoms with van der Waals surface area (Å²) in [5.74, 6) is 0.104. The van der Waals surface area contributed by atoms with Crippen LogP contribution in [0.4, 0.5) is 4.79 Å². The molecule has 6 N–H and O–H groups in total. The molecule has 4 bridgehead atoms. The number of aliphatic imine (C=N–C) groups is 1. The number of alkyl carbamates (subject to hydrolysis) is 1. The first kappa shape index (κ1) is 64.2. The molecule has 0 aromatic heterocycles. The molecule has 5 rings (SSSR count). The molecule has 0 saturated heterocycles. The van der Waals surface area contributed by atoms with E-state index in [-0.39, 0.29) is 31.5 Å². The SMILES string of the molecule is C=C(CCNC(CNC(=O)c1ccc(-c2ccc(CCCC)cc2)cc1)=NC)N(C)C1C(=O)NCC(=O)NC(C(=O)OC)Cc2ccc(OC)c(c2)-c2cc1ccc2OC.C=C/C=C(\C)O.CCCCNC(=O)OC(C)(C)C. The van der Waals surface area contributed by atoms with Gasteiger partial charge in [0.15, 0.2) is 0 Å². The predicted molar refractivity (Wildman–Crippen MR) is 310 cm³/mol. The highest BCUT2D eigenvalue weighted by molar-refractivity contribution is 5.97. The smallest absolute Gasteiger partial charge is 0.407 e. The van der Waals surface area contributed by atoms with Gasteiger partial charge in [0.1, 0.15) is 35.0 Å². The molecule has 0 radical (unpaired) electrons. The first-order chi connectivity index (χ1) is 37.2. The maximum absolute atomic E-state index is 14.0. The predicted octanol–water partition coefficient (Wildman–Crippen LogP) is 9.58. The van der Waals surface area contributed by atoms with Crippen molar-refractivity contribution in [3.05, 3.63) is 144 Å². The van der Waals surface area contributed by atoms with Gasteiger partial charge in [-0.2, -0.15) is 0 Å². The average Bonchev–Trinajstić information content (AvgIpc) is 3.42. The van der Waals surface area contributed by atoms with Gasteiger partial charge in [0.05, 0.1) is 40.2 Å². The fourth-order valence-corrected chi connectivity index (χ4v) is 7.94. The van der Waals surface area contributed by atoms with Crippen LogP contribution in [0.5, 0.6) is 11.5 Å². The zero-order valence-electron chi connectivity index (χ0n) is 47.6. The van der Waals surface area contributed by atoms with Gasteiger partial charge in [-0.25, -0.2) is 9.59 Å². The van der Waals surface area contributed by atoms with Crippen molar-refractivity contribution < 1.29 is 48.0 Å². The molecule has 0 aliphatic carbocycles. The molecule has 422 valence electrons. The molecule has 1 aliphatic rings. The van der Waals surface area contributed by atoms with E-state index in [4.69, 9.17) is 24.1 Å². The number of likely N-dealkylation sites (N-methyl/N-ethyl adjacent to an activating group) is 1. The number of ether oxygens (including phenoxy) is 4. The van der Waals surface area contributed by atoms with Gasteiger partial charge < -0.3 is 55.5 Å². The van der Waals surface area contributed by atoms with Gasteiger partial charge in [-0.15, -0.1) is 0 Å². The molecule has 2 atom stereocenters. The van der Waals surface area contributed by atoms with Crippen molar-refractivity contribution in [3.8, 4) is 33.8 Å². The maximum atomic E-state index is 14.0. The number of allylic oxidation sites excluding steroid dienone is 3. The first-order valence-electron chi connectivity index (χ1n) is 26.3. The van der Waals surface area contributed by atoms with Crippen LogP contribution < -0.4 is 36.1 Å². The lowest BCUT2D eigenvalue weighted by Crippen LogP contribution is -2.48. The van der Waals surface area contributed by atoms with Crippen LogP contribution in [0.25, 0.3) is 22.3 Å². The number of aliphatic hydroxyl groups is 1. The quantitative estimate of drug-likeness (QED) is 0.0129. The Hall–Kier alpha value is -8.08. The van der Waals surface area contributed by atoms with E-state index >= 15 is 0 Å². The van der Waals surface area contributed by atoms with E-state index in [0.717, 1.165) is 42.4 Å². The average molecular weight is 1070 g/mol. The number of unbranched alkanes of at least 4 members (excludes halogenated alkanes) is 2. The van der Waals surface area contributed by atoms with Crippen LogP contribution in [0.15, 0.2) is 127 Å². The number of amidine groups is 1. The molecule has 0 saturated carbocycles. The van der Waals surface area contributed by atoms with Crippen LogP contribution in [0.2, 0.25) is 0 Å². The Labute approximate surface area is 462 Å². The van der Waals surface area contributed by atoms with Crippen LogP contribution in [-0.2, 0) is 36.7 Å². The molecule has 17 heteroatoms. The van der Waals surface area contributed by atoms with E-state index in [0.29, 0.717) is 70.6 Å². The summed E-state index contributed by atoms with van der Waals surface area (Å²) >= 11 is 0. The molecule has 0 spiro atoms. The summed E-state index contributed by atoms with van der Waals surface area (Å²) < 4.78 is 21.5.